The number of nitrogens with zero attached hydrogens (tertiary/aromatic N) is 3. The molecule has 0 unspecified atom stereocenters. The number of hydrogen-bond acceptors (Lipinski definition) is 3. The summed E-state index contributed by atoms with van der Waals surface area (Å²) < 4.78 is 0. The number of carbonyl (C=O) groups excluding carboxylic acids is 1. The number of hydrogen-bond donors (Lipinski definition) is 1. The van der Waals surface area contributed by atoms with Gasteiger partial charge in [-0.1, -0.05) is 49.6 Å². The number of nitrogens with one attached hydrogen (secondary N) is 1. The summed E-state index contributed by atoms with van der Waals surface area (Å²) in [6.07, 6.45) is 9.41. The first-order valence-corrected chi connectivity index (χ1v) is 10.9. The highest BCUT2D eigenvalue weighted by molar-refractivity contribution is 5.94. The zero-order valence-corrected chi connectivity index (χ0v) is 16.6. The number of carbonyl (C=O) groups is 1. The molecule has 5 nitrogen and oxygen atoms in total. The van der Waals surface area contributed by atoms with Crippen molar-refractivity contribution < 1.29 is 4.79 Å². The van der Waals surface area contributed by atoms with Gasteiger partial charge in [-0.15, -0.1) is 0 Å². The molecular formula is C23H30N4O. The molecule has 2 aromatic rings. The summed E-state index contributed by atoms with van der Waals surface area (Å²) in [5.41, 5.74) is 4.54. The first-order chi connectivity index (χ1) is 13.8. The van der Waals surface area contributed by atoms with Crippen molar-refractivity contribution in [3.05, 3.63) is 52.8 Å². The van der Waals surface area contributed by atoms with E-state index >= 15 is 0 Å². The van der Waals surface area contributed by atoms with Crippen molar-refractivity contribution in [3.63, 3.8) is 0 Å². The molecule has 0 bridgehead atoms. The van der Waals surface area contributed by atoms with Crippen molar-refractivity contribution in [3.8, 4) is 0 Å². The summed E-state index contributed by atoms with van der Waals surface area (Å²) in [6.45, 7) is 3.59. The molecule has 1 N–H and O–H groups in total. The summed E-state index contributed by atoms with van der Waals surface area (Å²) in [5.74, 6) is 0.142. The van der Waals surface area contributed by atoms with E-state index in [0.29, 0.717) is 5.69 Å². The van der Waals surface area contributed by atoms with Gasteiger partial charge in [0.05, 0.1) is 0 Å². The highest BCUT2D eigenvalue weighted by Gasteiger charge is 2.44. The van der Waals surface area contributed by atoms with Crippen LogP contribution < -0.4 is 0 Å². The van der Waals surface area contributed by atoms with Crippen LogP contribution in [0.1, 0.15) is 65.8 Å². The Balaban J connectivity index is 1.37. The number of benzene rings is 1. The quantitative estimate of drug-likeness (QED) is 0.888. The van der Waals surface area contributed by atoms with Crippen LogP contribution in [0.15, 0.2) is 30.3 Å². The minimum absolute atomic E-state index is 0.126. The highest BCUT2D eigenvalue weighted by atomic mass is 16.2. The van der Waals surface area contributed by atoms with Crippen molar-refractivity contribution >= 4 is 5.91 Å². The van der Waals surface area contributed by atoms with Crippen LogP contribution >= 0.6 is 0 Å². The van der Waals surface area contributed by atoms with Crippen molar-refractivity contribution in [2.75, 3.05) is 19.6 Å². The molecule has 28 heavy (non-hydrogen) atoms. The van der Waals surface area contributed by atoms with E-state index < -0.39 is 0 Å². The van der Waals surface area contributed by atoms with Crippen LogP contribution in [0.2, 0.25) is 0 Å². The third kappa shape index (κ3) is 3.16. The number of amides is 1. The lowest BCUT2D eigenvalue weighted by atomic mass is 9.78. The van der Waals surface area contributed by atoms with E-state index in [4.69, 9.17) is 0 Å². The van der Waals surface area contributed by atoms with Gasteiger partial charge in [-0.05, 0) is 37.7 Å². The fourth-order valence-corrected chi connectivity index (χ4v) is 5.57. The molecule has 1 aromatic heterocycles. The molecule has 2 fully saturated rings. The number of aryl methyl sites for hydroxylation is 1. The number of fused-ring (bicyclic) bond motifs is 1. The molecular weight excluding hydrogens is 348 g/mol. The second-order valence-electron chi connectivity index (χ2n) is 8.80. The first-order valence-electron chi connectivity index (χ1n) is 10.9. The van der Waals surface area contributed by atoms with Crippen LogP contribution in [-0.4, -0.2) is 51.1 Å². The van der Waals surface area contributed by atoms with E-state index in [1.807, 2.05) is 0 Å². The summed E-state index contributed by atoms with van der Waals surface area (Å²) in [6, 6.07) is 10.8. The van der Waals surface area contributed by atoms with Gasteiger partial charge in [0, 0.05) is 43.0 Å². The number of rotatable bonds is 3. The monoisotopic (exact) mass is 378 g/mol. The van der Waals surface area contributed by atoms with Crippen LogP contribution in [0.25, 0.3) is 0 Å². The molecule has 2 heterocycles. The third-order valence-electron chi connectivity index (χ3n) is 7.09. The van der Waals surface area contributed by atoms with E-state index in [1.54, 1.807) is 0 Å². The molecule has 1 aliphatic heterocycles. The lowest BCUT2D eigenvalue weighted by Gasteiger charge is -2.53. The third-order valence-corrected chi connectivity index (χ3v) is 7.09. The fraction of sp³-hybridized carbons (Fsp3) is 0.565. The van der Waals surface area contributed by atoms with Gasteiger partial charge in [0.1, 0.15) is 0 Å². The molecule has 0 radical (unpaired) electrons. The van der Waals surface area contributed by atoms with Gasteiger partial charge in [0.2, 0.25) is 0 Å². The zero-order valence-electron chi connectivity index (χ0n) is 16.6. The van der Waals surface area contributed by atoms with Crippen molar-refractivity contribution in [2.45, 2.75) is 63.5 Å². The lowest BCUT2D eigenvalue weighted by molar-refractivity contribution is -0.0254. The predicted octanol–water partition coefficient (Wildman–Crippen LogP) is 3.56. The SMILES string of the molecule is O=C(c1n[nH]c2c1CCC2)N1CCN(Cc2ccccc2)C2(CCCCC2)C1. The Morgan fingerprint density at radius 2 is 1.86 bits per heavy atom. The van der Waals surface area contributed by atoms with E-state index in [1.165, 1.54) is 48.9 Å². The van der Waals surface area contributed by atoms with Gasteiger partial charge in [0.25, 0.3) is 5.91 Å². The van der Waals surface area contributed by atoms with Gasteiger partial charge in [-0.2, -0.15) is 5.10 Å². The normalized spacial score (nSPS) is 21.8. The van der Waals surface area contributed by atoms with Crippen LogP contribution in [0, 0.1) is 0 Å². The highest BCUT2D eigenvalue weighted by Crippen LogP contribution is 2.38. The molecule has 5 heteroatoms. The predicted molar refractivity (Wildman–Crippen MR) is 109 cm³/mol. The standard InChI is InChI=1S/C23H30N4O/c28-22(21-19-10-7-11-20(19)24-25-21)26-14-15-27(16-18-8-3-1-4-9-18)23(17-26)12-5-2-6-13-23/h1,3-4,8-9H,2,5-7,10-17H2,(H,24,25). The smallest absolute Gasteiger partial charge is 0.274 e. The second kappa shape index (κ2) is 7.36. The Morgan fingerprint density at radius 3 is 2.68 bits per heavy atom. The number of aromatic amines is 1. The van der Waals surface area contributed by atoms with E-state index in [0.717, 1.165) is 45.4 Å². The van der Waals surface area contributed by atoms with Crippen LogP contribution in [-0.2, 0) is 19.4 Å². The van der Waals surface area contributed by atoms with E-state index in [2.05, 4.69) is 50.3 Å². The molecule has 1 amide bonds. The average Bonchev–Trinajstić information content (AvgIpc) is 3.34. The molecule has 2 aliphatic carbocycles. The van der Waals surface area contributed by atoms with Crippen molar-refractivity contribution in [1.29, 1.82) is 0 Å². The molecule has 0 atom stereocenters. The van der Waals surface area contributed by atoms with Gasteiger partial charge >= 0.3 is 0 Å². The molecule has 148 valence electrons. The van der Waals surface area contributed by atoms with Crippen LogP contribution in [0.3, 0.4) is 0 Å². The summed E-state index contributed by atoms with van der Waals surface area (Å²) >= 11 is 0. The maximum atomic E-state index is 13.3. The van der Waals surface area contributed by atoms with Gasteiger partial charge in [-0.25, -0.2) is 0 Å². The van der Waals surface area contributed by atoms with Crippen LogP contribution in [0.5, 0.6) is 0 Å². The minimum atomic E-state index is 0.126. The molecule has 1 aromatic carbocycles. The van der Waals surface area contributed by atoms with E-state index in [9.17, 15) is 4.79 Å². The molecule has 1 saturated heterocycles. The number of H-pyrrole nitrogens is 1. The van der Waals surface area contributed by atoms with Crippen molar-refractivity contribution in [2.24, 2.45) is 0 Å². The maximum absolute atomic E-state index is 13.3. The summed E-state index contributed by atoms with van der Waals surface area (Å²) in [7, 11) is 0. The Morgan fingerprint density at radius 1 is 1.04 bits per heavy atom. The minimum Gasteiger partial charge on any atom is -0.334 e. The van der Waals surface area contributed by atoms with Gasteiger partial charge in [-0.3, -0.25) is 14.8 Å². The molecule has 1 spiro atoms. The Labute approximate surface area is 167 Å². The molecule has 1 saturated carbocycles. The van der Waals surface area contributed by atoms with Gasteiger partial charge < -0.3 is 4.90 Å². The van der Waals surface area contributed by atoms with E-state index in [-0.39, 0.29) is 11.4 Å². The fourth-order valence-electron chi connectivity index (χ4n) is 5.57. The topological polar surface area (TPSA) is 52.2 Å². The number of piperazine rings is 1. The summed E-state index contributed by atoms with van der Waals surface area (Å²) in [4.78, 5) is 18.1. The first kappa shape index (κ1) is 17.9. The molecule has 3 aliphatic rings. The maximum Gasteiger partial charge on any atom is 0.274 e. The Hall–Kier alpha value is -2.14. The number of aromatic nitrogens is 2. The average molecular weight is 379 g/mol. The Bertz CT molecular complexity index is 838. The Kier molecular flexibility index (Phi) is 4.71. The van der Waals surface area contributed by atoms with Gasteiger partial charge in [0.15, 0.2) is 5.69 Å². The second-order valence-corrected chi connectivity index (χ2v) is 8.80. The van der Waals surface area contributed by atoms with Crippen molar-refractivity contribution in [1.82, 2.24) is 20.0 Å². The van der Waals surface area contributed by atoms with Crippen LogP contribution in [0.4, 0.5) is 0 Å². The summed E-state index contributed by atoms with van der Waals surface area (Å²) in [5, 5.41) is 7.51. The zero-order chi connectivity index (χ0) is 19.0. The lowest BCUT2D eigenvalue weighted by Crippen LogP contribution is -2.63. The largest absolute Gasteiger partial charge is 0.334 e. The molecule has 5 rings (SSSR count).